The van der Waals surface area contributed by atoms with E-state index in [0.717, 1.165) is 0 Å². The molecule has 1 aromatic rings. The number of rotatable bonds is 3. The fourth-order valence-electron chi connectivity index (χ4n) is 1.01. The van der Waals surface area contributed by atoms with Gasteiger partial charge in [-0.05, 0) is 6.92 Å². The number of Topliss-reactive ketones (excluding diaryl/α,β-unsaturated/α-hetero) is 2. The summed E-state index contributed by atoms with van der Waals surface area (Å²) in [6, 6.07) is 6.49. The highest BCUT2D eigenvalue weighted by Crippen LogP contribution is 2.05. The van der Waals surface area contributed by atoms with E-state index in [1.54, 1.807) is 24.3 Å². The summed E-state index contributed by atoms with van der Waals surface area (Å²) in [4.78, 5) is 22.0. The van der Waals surface area contributed by atoms with E-state index in [1.807, 2.05) is 0 Å². The maximum Gasteiger partial charge on any atom is 0.176 e. The van der Waals surface area contributed by atoms with Crippen LogP contribution < -0.4 is 5.73 Å². The van der Waals surface area contributed by atoms with Gasteiger partial charge in [-0.25, -0.2) is 0 Å². The molecule has 1 rings (SSSR count). The summed E-state index contributed by atoms with van der Waals surface area (Å²) >= 11 is 0. The van der Waals surface area contributed by atoms with Crippen LogP contribution in [0, 0.1) is 0 Å². The largest absolute Gasteiger partial charge is 0.324 e. The Morgan fingerprint density at radius 1 is 1.15 bits per heavy atom. The fraction of sp³-hybridized carbons (Fsp3) is 0.200. The van der Waals surface area contributed by atoms with Gasteiger partial charge in [-0.2, -0.15) is 0 Å². The van der Waals surface area contributed by atoms with Crippen LogP contribution in [0.25, 0.3) is 0 Å². The van der Waals surface area contributed by atoms with Crippen molar-refractivity contribution in [3.63, 3.8) is 0 Å². The zero-order chi connectivity index (χ0) is 9.84. The number of carbonyl (C=O) groups excluding carboxylic acids is 2. The van der Waals surface area contributed by atoms with Gasteiger partial charge in [0.15, 0.2) is 11.6 Å². The predicted molar refractivity (Wildman–Crippen MR) is 49.8 cm³/mol. The first-order valence-electron chi connectivity index (χ1n) is 3.99. The smallest absolute Gasteiger partial charge is 0.176 e. The molecule has 0 heterocycles. The lowest BCUT2D eigenvalue weighted by atomic mass is 10.1. The second kappa shape index (κ2) is 3.96. The van der Waals surface area contributed by atoms with Gasteiger partial charge in [-0.1, -0.05) is 24.3 Å². The van der Waals surface area contributed by atoms with Crippen LogP contribution in [0.2, 0.25) is 0 Å². The Hall–Kier alpha value is -1.48. The monoisotopic (exact) mass is 177 g/mol. The second-order valence-electron chi connectivity index (χ2n) is 2.76. The average molecular weight is 177 g/mol. The number of ketones is 2. The second-order valence-corrected chi connectivity index (χ2v) is 2.76. The molecule has 3 nitrogen and oxygen atoms in total. The quantitative estimate of drug-likeness (QED) is 0.701. The first kappa shape index (κ1) is 9.61. The third kappa shape index (κ3) is 2.23. The lowest BCUT2D eigenvalue weighted by Gasteiger charge is -1.98. The van der Waals surface area contributed by atoms with Crippen LogP contribution in [0.4, 0.5) is 0 Å². The van der Waals surface area contributed by atoms with Gasteiger partial charge < -0.3 is 5.73 Å². The SMILES string of the molecule is CC(=O)c1ccc(C(=O)CN)cc1. The predicted octanol–water partition coefficient (Wildman–Crippen LogP) is 1.03. The molecule has 0 atom stereocenters. The van der Waals surface area contributed by atoms with Gasteiger partial charge in [0, 0.05) is 11.1 Å². The first-order valence-corrected chi connectivity index (χ1v) is 3.99. The third-order valence-electron chi connectivity index (χ3n) is 1.80. The molecule has 0 unspecified atom stereocenters. The van der Waals surface area contributed by atoms with E-state index < -0.39 is 0 Å². The van der Waals surface area contributed by atoms with E-state index in [4.69, 9.17) is 5.73 Å². The molecule has 0 bridgehead atoms. The van der Waals surface area contributed by atoms with E-state index in [2.05, 4.69) is 0 Å². The summed E-state index contributed by atoms with van der Waals surface area (Å²) in [5.41, 5.74) is 6.34. The normalized spacial score (nSPS) is 9.69. The summed E-state index contributed by atoms with van der Waals surface area (Å²) in [7, 11) is 0. The van der Waals surface area contributed by atoms with Gasteiger partial charge in [0.2, 0.25) is 0 Å². The minimum absolute atomic E-state index is 0.000577. The van der Waals surface area contributed by atoms with Crippen LogP contribution in [0.3, 0.4) is 0 Å². The standard InChI is InChI=1S/C10H11NO2/c1-7(12)8-2-4-9(5-3-8)10(13)6-11/h2-5H,6,11H2,1H3. The molecule has 0 saturated heterocycles. The molecular weight excluding hydrogens is 166 g/mol. The minimum atomic E-state index is -0.116. The van der Waals surface area contributed by atoms with Crippen LogP contribution in [-0.4, -0.2) is 18.1 Å². The third-order valence-corrected chi connectivity index (χ3v) is 1.80. The Bertz CT molecular complexity index is 327. The van der Waals surface area contributed by atoms with E-state index in [9.17, 15) is 9.59 Å². The van der Waals surface area contributed by atoms with E-state index in [1.165, 1.54) is 6.92 Å². The first-order chi connectivity index (χ1) is 6.15. The van der Waals surface area contributed by atoms with Crippen molar-refractivity contribution in [1.29, 1.82) is 0 Å². The molecule has 0 aliphatic rings. The maximum absolute atomic E-state index is 11.1. The molecule has 0 aliphatic heterocycles. The maximum atomic E-state index is 11.1. The van der Waals surface area contributed by atoms with Crippen LogP contribution in [0.5, 0.6) is 0 Å². The van der Waals surface area contributed by atoms with Crippen molar-refractivity contribution in [3.8, 4) is 0 Å². The molecule has 3 heteroatoms. The topological polar surface area (TPSA) is 60.2 Å². The Kier molecular flexibility index (Phi) is 2.93. The molecule has 0 spiro atoms. The van der Waals surface area contributed by atoms with Crippen molar-refractivity contribution in [2.45, 2.75) is 6.92 Å². The lowest BCUT2D eigenvalue weighted by molar-refractivity contribution is 0.0994. The van der Waals surface area contributed by atoms with Crippen molar-refractivity contribution in [2.24, 2.45) is 5.73 Å². The summed E-state index contributed by atoms with van der Waals surface area (Å²) < 4.78 is 0. The Balaban J connectivity index is 2.93. The average Bonchev–Trinajstić information content (AvgIpc) is 2.17. The number of hydrogen-bond acceptors (Lipinski definition) is 3. The molecule has 0 radical (unpaired) electrons. The molecule has 0 aliphatic carbocycles. The highest BCUT2D eigenvalue weighted by atomic mass is 16.1. The van der Waals surface area contributed by atoms with Crippen LogP contribution >= 0.6 is 0 Å². The molecule has 0 fully saturated rings. The number of carbonyl (C=O) groups is 2. The van der Waals surface area contributed by atoms with Crippen LogP contribution in [0.15, 0.2) is 24.3 Å². The molecule has 0 aromatic heterocycles. The molecule has 0 saturated carbocycles. The Morgan fingerprint density at radius 3 is 2.00 bits per heavy atom. The Morgan fingerprint density at radius 2 is 1.62 bits per heavy atom. The van der Waals surface area contributed by atoms with Crippen molar-refractivity contribution in [1.82, 2.24) is 0 Å². The van der Waals surface area contributed by atoms with Gasteiger partial charge in [0.05, 0.1) is 6.54 Å². The van der Waals surface area contributed by atoms with E-state index >= 15 is 0 Å². The number of benzene rings is 1. The summed E-state index contributed by atoms with van der Waals surface area (Å²) in [6.07, 6.45) is 0. The van der Waals surface area contributed by atoms with Gasteiger partial charge in [0.25, 0.3) is 0 Å². The van der Waals surface area contributed by atoms with Crippen LogP contribution in [0.1, 0.15) is 27.6 Å². The molecule has 0 amide bonds. The number of nitrogens with two attached hydrogens (primary N) is 1. The van der Waals surface area contributed by atoms with Crippen molar-refractivity contribution < 1.29 is 9.59 Å². The summed E-state index contributed by atoms with van der Waals surface area (Å²) in [5.74, 6) is -0.123. The Labute approximate surface area is 76.6 Å². The zero-order valence-electron chi connectivity index (χ0n) is 7.41. The summed E-state index contributed by atoms with van der Waals surface area (Å²) in [5, 5.41) is 0. The van der Waals surface area contributed by atoms with Crippen molar-refractivity contribution in [2.75, 3.05) is 6.54 Å². The zero-order valence-corrected chi connectivity index (χ0v) is 7.41. The van der Waals surface area contributed by atoms with Crippen molar-refractivity contribution >= 4 is 11.6 Å². The highest BCUT2D eigenvalue weighted by Gasteiger charge is 2.03. The minimum Gasteiger partial charge on any atom is -0.324 e. The van der Waals surface area contributed by atoms with E-state index in [-0.39, 0.29) is 18.1 Å². The number of hydrogen-bond donors (Lipinski definition) is 1. The molecule has 1 aromatic carbocycles. The summed E-state index contributed by atoms with van der Waals surface area (Å²) in [6.45, 7) is 1.49. The molecule has 13 heavy (non-hydrogen) atoms. The highest BCUT2D eigenvalue weighted by molar-refractivity contribution is 5.99. The van der Waals surface area contributed by atoms with Crippen molar-refractivity contribution in [3.05, 3.63) is 35.4 Å². The molecule has 2 N–H and O–H groups in total. The van der Waals surface area contributed by atoms with Gasteiger partial charge in [-0.3, -0.25) is 9.59 Å². The lowest BCUT2D eigenvalue weighted by Crippen LogP contribution is -2.13. The molecular formula is C10H11NO2. The van der Waals surface area contributed by atoms with Gasteiger partial charge in [0.1, 0.15) is 0 Å². The van der Waals surface area contributed by atoms with Crippen LogP contribution in [-0.2, 0) is 0 Å². The van der Waals surface area contributed by atoms with Gasteiger partial charge >= 0.3 is 0 Å². The fourth-order valence-corrected chi connectivity index (χ4v) is 1.01. The van der Waals surface area contributed by atoms with Gasteiger partial charge in [-0.15, -0.1) is 0 Å². The molecule has 68 valence electrons. The van der Waals surface area contributed by atoms with E-state index in [0.29, 0.717) is 11.1 Å².